The summed E-state index contributed by atoms with van der Waals surface area (Å²) in [6.45, 7) is 0.633. The Hall–Kier alpha value is -2.29. The Bertz CT molecular complexity index is 696. The van der Waals surface area contributed by atoms with Gasteiger partial charge in [0.05, 0.1) is 18.3 Å². The number of nitrogens with zero attached hydrogens (tertiary/aromatic N) is 1. The SMILES string of the molecule is O=c1ccn(Cc2ccco2)c2ccccc12. The molecule has 3 rings (SSSR count). The Labute approximate surface area is 97.9 Å². The van der Waals surface area contributed by atoms with Gasteiger partial charge in [-0.05, 0) is 24.3 Å². The largest absolute Gasteiger partial charge is 0.467 e. The summed E-state index contributed by atoms with van der Waals surface area (Å²) in [5.74, 6) is 0.874. The number of benzene rings is 1. The maximum atomic E-state index is 11.7. The second-order valence-electron chi connectivity index (χ2n) is 3.90. The van der Waals surface area contributed by atoms with Gasteiger partial charge in [-0.15, -0.1) is 0 Å². The second-order valence-corrected chi connectivity index (χ2v) is 3.90. The van der Waals surface area contributed by atoms with Gasteiger partial charge in [-0.1, -0.05) is 12.1 Å². The maximum absolute atomic E-state index is 11.7. The minimum atomic E-state index is 0.0521. The molecule has 3 nitrogen and oxygen atoms in total. The van der Waals surface area contributed by atoms with Crippen LogP contribution in [0.2, 0.25) is 0 Å². The van der Waals surface area contributed by atoms with Crippen LogP contribution >= 0.6 is 0 Å². The van der Waals surface area contributed by atoms with Crippen molar-refractivity contribution in [1.29, 1.82) is 0 Å². The van der Waals surface area contributed by atoms with Crippen molar-refractivity contribution < 1.29 is 4.42 Å². The third-order valence-electron chi connectivity index (χ3n) is 2.79. The average molecular weight is 225 g/mol. The molecule has 0 saturated heterocycles. The highest BCUT2D eigenvalue weighted by Gasteiger charge is 2.03. The Balaban J connectivity index is 2.17. The lowest BCUT2D eigenvalue weighted by Crippen LogP contribution is -2.08. The fraction of sp³-hybridized carbons (Fsp3) is 0.0714. The second kappa shape index (κ2) is 3.94. The number of rotatable bonds is 2. The van der Waals surface area contributed by atoms with E-state index in [0.717, 1.165) is 16.7 Å². The van der Waals surface area contributed by atoms with Crippen molar-refractivity contribution in [2.75, 3.05) is 0 Å². The smallest absolute Gasteiger partial charge is 0.189 e. The van der Waals surface area contributed by atoms with E-state index in [2.05, 4.69) is 0 Å². The van der Waals surface area contributed by atoms with Crippen LogP contribution in [0.3, 0.4) is 0 Å². The third-order valence-corrected chi connectivity index (χ3v) is 2.79. The molecule has 0 aliphatic heterocycles. The van der Waals surface area contributed by atoms with E-state index in [1.807, 2.05) is 41.0 Å². The number of para-hydroxylation sites is 1. The van der Waals surface area contributed by atoms with Crippen LogP contribution in [0.5, 0.6) is 0 Å². The molecule has 3 heteroatoms. The van der Waals surface area contributed by atoms with Gasteiger partial charge >= 0.3 is 0 Å². The number of furan rings is 1. The summed E-state index contributed by atoms with van der Waals surface area (Å²) in [4.78, 5) is 11.7. The van der Waals surface area contributed by atoms with E-state index < -0.39 is 0 Å². The minimum Gasteiger partial charge on any atom is -0.467 e. The van der Waals surface area contributed by atoms with Crippen LogP contribution in [0.15, 0.2) is 64.1 Å². The zero-order chi connectivity index (χ0) is 11.7. The molecule has 0 amide bonds. The molecule has 0 fully saturated rings. The van der Waals surface area contributed by atoms with Gasteiger partial charge in [0.2, 0.25) is 0 Å². The maximum Gasteiger partial charge on any atom is 0.189 e. The summed E-state index contributed by atoms with van der Waals surface area (Å²) in [6, 6.07) is 13.0. The normalized spacial score (nSPS) is 10.8. The van der Waals surface area contributed by atoms with Gasteiger partial charge in [-0.2, -0.15) is 0 Å². The summed E-state index contributed by atoms with van der Waals surface area (Å²) in [7, 11) is 0. The molecule has 0 radical (unpaired) electrons. The van der Waals surface area contributed by atoms with Crippen LogP contribution in [-0.2, 0) is 6.54 Å². The van der Waals surface area contributed by atoms with E-state index in [0.29, 0.717) is 6.54 Å². The molecule has 0 aliphatic rings. The van der Waals surface area contributed by atoms with Crippen molar-refractivity contribution in [3.8, 4) is 0 Å². The van der Waals surface area contributed by atoms with Gasteiger partial charge < -0.3 is 8.98 Å². The monoisotopic (exact) mass is 225 g/mol. The average Bonchev–Trinajstić information content (AvgIpc) is 2.86. The van der Waals surface area contributed by atoms with Crippen molar-refractivity contribution in [2.24, 2.45) is 0 Å². The summed E-state index contributed by atoms with van der Waals surface area (Å²) in [5.41, 5.74) is 0.979. The highest BCUT2D eigenvalue weighted by molar-refractivity contribution is 5.78. The van der Waals surface area contributed by atoms with Gasteiger partial charge in [0.25, 0.3) is 0 Å². The molecule has 0 aliphatic carbocycles. The van der Waals surface area contributed by atoms with Crippen LogP contribution in [0.25, 0.3) is 10.9 Å². The Morgan fingerprint density at radius 1 is 1.06 bits per heavy atom. The zero-order valence-corrected chi connectivity index (χ0v) is 9.17. The lowest BCUT2D eigenvalue weighted by molar-refractivity contribution is 0.496. The Kier molecular flexibility index (Phi) is 2.29. The quantitative estimate of drug-likeness (QED) is 0.672. The summed E-state index contributed by atoms with van der Waals surface area (Å²) in [5, 5.41) is 0.738. The molecule has 84 valence electrons. The number of hydrogen-bond acceptors (Lipinski definition) is 2. The first-order valence-electron chi connectivity index (χ1n) is 5.45. The summed E-state index contributed by atoms with van der Waals surface area (Å²) >= 11 is 0. The molecular formula is C14H11NO2. The molecular weight excluding hydrogens is 214 g/mol. The van der Waals surface area contributed by atoms with E-state index in [1.54, 1.807) is 18.5 Å². The van der Waals surface area contributed by atoms with Crippen LogP contribution in [-0.4, -0.2) is 4.57 Å². The predicted molar refractivity (Wildman–Crippen MR) is 66.0 cm³/mol. The molecule has 0 bridgehead atoms. The molecule has 1 aromatic carbocycles. The van der Waals surface area contributed by atoms with Crippen LogP contribution in [0.1, 0.15) is 5.76 Å². The first-order valence-corrected chi connectivity index (χ1v) is 5.45. The van der Waals surface area contributed by atoms with Gasteiger partial charge in [-0.3, -0.25) is 4.79 Å². The first-order chi connectivity index (χ1) is 8.34. The van der Waals surface area contributed by atoms with Crippen LogP contribution < -0.4 is 5.43 Å². The lowest BCUT2D eigenvalue weighted by atomic mass is 10.2. The fourth-order valence-corrected chi connectivity index (χ4v) is 1.97. The van der Waals surface area contributed by atoms with Gasteiger partial charge in [0.1, 0.15) is 5.76 Å². The minimum absolute atomic E-state index is 0.0521. The van der Waals surface area contributed by atoms with Crippen molar-refractivity contribution in [3.05, 3.63) is 70.9 Å². The number of fused-ring (bicyclic) bond motifs is 1. The first kappa shape index (κ1) is 9.90. The standard InChI is InChI=1S/C14H11NO2/c16-14-7-8-15(10-11-4-3-9-17-11)13-6-2-1-5-12(13)14/h1-9H,10H2. The van der Waals surface area contributed by atoms with Crippen molar-refractivity contribution in [1.82, 2.24) is 4.57 Å². The van der Waals surface area contributed by atoms with Gasteiger partial charge in [-0.25, -0.2) is 0 Å². The molecule has 0 N–H and O–H groups in total. The molecule has 2 heterocycles. The number of aromatic nitrogens is 1. The molecule has 3 aromatic rings. The van der Waals surface area contributed by atoms with Crippen molar-refractivity contribution in [3.63, 3.8) is 0 Å². The van der Waals surface area contributed by atoms with E-state index in [-0.39, 0.29) is 5.43 Å². The molecule has 2 aromatic heterocycles. The summed E-state index contributed by atoms with van der Waals surface area (Å²) < 4.78 is 7.33. The van der Waals surface area contributed by atoms with E-state index in [4.69, 9.17) is 4.42 Å². The lowest BCUT2D eigenvalue weighted by Gasteiger charge is -2.08. The van der Waals surface area contributed by atoms with Gasteiger partial charge in [0, 0.05) is 17.6 Å². The van der Waals surface area contributed by atoms with Crippen LogP contribution in [0.4, 0.5) is 0 Å². The van der Waals surface area contributed by atoms with Crippen LogP contribution in [0, 0.1) is 0 Å². The van der Waals surface area contributed by atoms with Gasteiger partial charge in [0.15, 0.2) is 5.43 Å². The fourth-order valence-electron chi connectivity index (χ4n) is 1.97. The number of pyridine rings is 1. The molecule has 0 saturated carbocycles. The van der Waals surface area contributed by atoms with E-state index >= 15 is 0 Å². The molecule has 0 spiro atoms. The van der Waals surface area contributed by atoms with E-state index in [9.17, 15) is 4.79 Å². The molecule has 0 atom stereocenters. The predicted octanol–water partition coefficient (Wildman–Crippen LogP) is 2.64. The zero-order valence-electron chi connectivity index (χ0n) is 9.17. The third kappa shape index (κ3) is 1.76. The summed E-state index contributed by atoms with van der Waals surface area (Å²) in [6.07, 6.45) is 3.45. The Morgan fingerprint density at radius 3 is 2.76 bits per heavy atom. The van der Waals surface area contributed by atoms with E-state index in [1.165, 1.54) is 0 Å². The van der Waals surface area contributed by atoms with Crippen molar-refractivity contribution >= 4 is 10.9 Å². The molecule has 0 unspecified atom stereocenters. The number of hydrogen-bond donors (Lipinski definition) is 0. The highest BCUT2D eigenvalue weighted by atomic mass is 16.3. The highest BCUT2D eigenvalue weighted by Crippen LogP contribution is 2.12. The Morgan fingerprint density at radius 2 is 1.94 bits per heavy atom. The topological polar surface area (TPSA) is 35.1 Å². The van der Waals surface area contributed by atoms with Crippen molar-refractivity contribution in [2.45, 2.75) is 6.54 Å². The molecule has 17 heavy (non-hydrogen) atoms.